The first-order valence-corrected chi connectivity index (χ1v) is 8.34. The third-order valence-corrected chi connectivity index (χ3v) is 4.53. The van der Waals surface area contributed by atoms with Gasteiger partial charge in [-0.2, -0.15) is 0 Å². The molecule has 0 aliphatic rings. The van der Waals surface area contributed by atoms with Crippen molar-refractivity contribution >= 4 is 17.0 Å². The Kier molecular flexibility index (Phi) is 4.81. The van der Waals surface area contributed by atoms with Crippen LogP contribution in [0.1, 0.15) is 17.7 Å². The van der Waals surface area contributed by atoms with E-state index in [0.717, 1.165) is 29.9 Å². The van der Waals surface area contributed by atoms with E-state index in [2.05, 4.69) is 52.2 Å². The number of hydrogen-bond acceptors (Lipinski definition) is 3. The quantitative estimate of drug-likeness (QED) is 0.697. The van der Waals surface area contributed by atoms with E-state index in [-0.39, 0.29) is 0 Å². The van der Waals surface area contributed by atoms with Crippen LogP contribution in [0, 0.1) is 6.92 Å². The van der Waals surface area contributed by atoms with Gasteiger partial charge in [0, 0.05) is 23.8 Å². The molecule has 112 valence electrons. The van der Waals surface area contributed by atoms with Gasteiger partial charge in [-0.15, -0.1) is 11.3 Å². The van der Waals surface area contributed by atoms with Gasteiger partial charge in [0.25, 0.3) is 0 Å². The van der Waals surface area contributed by atoms with Crippen LogP contribution >= 0.6 is 11.3 Å². The van der Waals surface area contributed by atoms with Crippen molar-refractivity contribution in [3.8, 4) is 0 Å². The molecule has 0 saturated carbocycles. The van der Waals surface area contributed by atoms with E-state index in [1.54, 1.807) is 23.7 Å². The molecule has 0 aliphatic carbocycles. The lowest BCUT2D eigenvalue weighted by Crippen LogP contribution is -2.16. The fourth-order valence-corrected chi connectivity index (χ4v) is 3.31. The summed E-state index contributed by atoms with van der Waals surface area (Å²) in [7, 11) is 0. The molecule has 3 nitrogen and oxygen atoms in total. The highest BCUT2D eigenvalue weighted by molar-refractivity contribution is 7.07. The SMILES string of the molecule is Cc1csc(=Nc2cccnc2)n1CCCc1ccccc1. The summed E-state index contributed by atoms with van der Waals surface area (Å²) >= 11 is 1.69. The number of nitrogens with zero attached hydrogens (tertiary/aromatic N) is 3. The Bertz CT molecular complexity index is 773. The van der Waals surface area contributed by atoms with E-state index < -0.39 is 0 Å². The highest BCUT2D eigenvalue weighted by atomic mass is 32.1. The molecule has 2 heterocycles. The van der Waals surface area contributed by atoms with Gasteiger partial charge in [-0.1, -0.05) is 30.3 Å². The van der Waals surface area contributed by atoms with Crippen LogP contribution in [-0.4, -0.2) is 9.55 Å². The van der Waals surface area contributed by atoms with E-state index in [1.807, 2.05) is 12.1 Å². The zero-order valence-electron chi connectivity index (χ0n) is 12.6. The lowest BCUT2D eigenvalue weighted by Gasteiger charge is -2.06. The molecule has 0 saturated heterocycles. The molecule has 0 fully saturated rings. The monoisotopic (exact) mass is 309 g/mol. The van der Waals surface area contributed by atoms with Crippen LogP contribution in [-0.2, 0) is 13.0 Å². The van der Waals surface area contributed by atoms with Crippen LogP contribution in [0.5, 0.6) is 0 Å². The average molecular weight is 309 g/mol. The maximum Gasteiger partial charge on any atom is 0.190 e. The van der Waals surface area contributed by atoms with Gasteiger partial charge < -0.3 is 4.57 Å². The predicted octanol–water partition coefficient (Wildman–Crippen LogP) is 4.12. The van der Waals surface area contributed by atoms with Crippen LogP contribution in [0.4, 0.5) is 5.69 Å². The molecule has 3 aromatic rings. The van der Waals surface area contributed by atoms with Gasteiger partial charge >= 0.3 is 0 Å². The van der Waals surface area contributed by atoms with Gasteiger partial charge in [0.15, 0.2) is 4.80 Å². The second kappa shape index (κ2) is 7.18. The lowest BCUT2D eigenvalue weighted by molar-refractivity contribution is 0.614. The number of aromatic nitrogens is 2. The number of pyridine rings is 1. The Morgan fingerprint density at radius 1 is 1.14 bits per heavy atom. The average Bonchev–Trinajstić information content (AvgIpc) is 2.90. The summed E-state index contributed by atoms with van der Waals surface area (Å²) in [6.45, 7) is 3.13. The van der Waals surface area contributed by atoms with Crippen LogP contribution in [0.15, 0.2) is 65.2 Å². The minimum absolute atomic E-state index is 0.904. The van der Waals surface area contributed by atoms with Crippen LogP contribution < -0.4 is 4.80 Å². The van der Waals surface area contributed by atoms with Gasteiger partial charge in [-0.05, 0) is 37.5 Å². The number of benzene rings is 1. The highest BCUT2D eigenvalue weighted by Gasteiger charge is 2.02. The van der Waals surface area contributed by atoms with Crippen molar-refractivity contribution < 1.29 is 0 Å². The fraction of sp³-hybridized carbons (Fsp3) is 0.222. The van der Waals surface area contributed by atoms with Crippen LogP contribution in [0.2, 0.25) is 0 Å². The molecular weight excluding hydrogens is 290 g/mol. The Hall–Kier alpha value is -2.20. The zero-order chi connectivity index (χ0) is 15.2. The molecule has 0 unspecified atom stereocenters. The number of thiazole rings is 1. The maximum atomic E-state index is 4.71. The summed E-state index contributed by atoms with van der Waals surface area (Å²) in [5, 5.41) is 2.16. The fourth-order valence-electron chi connectivity index (χ4n) is 2.39. The van der Waals surface area contributed by atoms with Crippen molar-refractivity contribution in [2.75, 3.05) is 0 Å². The molecule has 0 bridgehead atoms. The molecule has 0 spiro atoms. The van der Waals surface area contributed by atoms with Gasteiger partial charge in [0.05, 0.1) is 11.9 Å². The first-order chi connectivity index (χ1) is 10.8. The number of aryl methyl sites for hydroxylation is 2. The van der Waals surface area contributed by atoms with Gasteiger partial charge in [0.1, 0.15) is 0 Å². The minimum Gasteiger partial charge on any atom is -0.321 e. The second-order valence-corrected chi connectivity index (χ2v) is 6.06. The van der Waals surface area contributed by atoms with Crippen molar-refractivity contribution in [3.63, 3.8) is 0 Å². The summed E-state index contributed by atoms with van der Waals surface area (Å²) in [6.07, 6.45) is 5.77. The van der Waals surface area contributed by atoms with Crippen LogP contribution in [0.25, 0.3) is 0 Å². The van der Waals surface area contributed by atoms with E-state index in [9.17, 15) is 0 Å². The predicted molar refractivity (Wildman–Crippen MR) is 91.3 cm³/mol. The largest absolute Gasteiger partial charge is 0.321 e. The third-order valence-electron chi connectivity index (χ3n) is 3.55. The first kappa shape index (κ1) is 14.7. The Morgan fingerprint density at radius 3 is 2.77 bits per heavy atom. The topological polar surface area (TPSA) is 30.2 Å². The molecule has 1 aromatic carbocycles. The number of rotatable bonds is 5. The molecule has 0 atom stereocenters. The van der Waals surface area contributed by atoms with Crippen molar-refractivity contribution in [2.45, 2.75) is 26.3 Å². The molecule has 4 heteroatoms. The van der Waals surface area contributed by atoms with Crippen molar-refractivity contribution in [1.82, 2.24) is 9.55 Å². The van der Waals surface area contributed by atoms with Gasteiger partial charge in [-0.3, -0.25) is 4.98 Å². The molecule has 3 rings (SSSR count). The molecular formula is C18H19N3S. The summed E-state index contributed by atoms with van der Waals surface area (Å²) in [6, 6.07) is 14.5. The molecule has 2 aromatic heterocycles. The molecule has 0 radical (unpaired) electrons. The van der Waals surface area contributed by atoms with Crippen molar-refractivity contribution in [2.24, 2.45) is 4.99 Å². The Labute approximate surface area is 134 Å². The molecule has 22 heavy (non-hydrogen) atoms. The smallest absolute Gasteiger partial charge is 0.190 e. The molecule has 0 aliphatic heterocycles. The standard InChI is InChI=1S/C18H19N3S/c1-15-14-22-18(20-17-10-5-11-19-13-17)21(15)12-6-9-16-7-3-2-4-8-16/h2-5,7-8,10-11,13-14H,6,9,12H2,1H3. The zero-order valence-corrected chi connectivity index (χ0v) is 13.5. The van der Waals surface area contributed by atoms with Gasteiger partial charge in [0.2, 0.25) is 0 Å². The highest BCUT2D eigenvalue weighted by Crippen LogP contribution is 2.10. The summed E-state index contributed by atoms with van der Waals surface area (Å²) in [5.41, 5.74) is 3.56. The maximum absolute atomic E-state index is 4.71. The molecule has 0 N–H and O–H groups in total. The Morgan fingerprint density at radius 2 is 2.00 bits per heavy atom. The summed E-state index contributed by atoms with van der Waals surface area (Å²) < 4.78 is 2.29. The first-order valence-electron chi connectivity index (χ1n) is 7.46. The van der Waals surface area contributed by atoms with Gasteiger partial charge in [-0.25, -0.2) is 4.99 Å². The van der Waals surface area contributed by atoms with E-state index in [1.165, 1.54) is 11.3 Å². The summed E-state index contributed by atoms with van der Waals surface area (Å²) in [5.74, 6) is 0. The van der Waals surface area contributed by atoms with Crippen molar-refractivity contribution in [3.05, 3.63) is 76.3 Å². The third kappa shape index (κ3) is 3.71. The lowest BCUT2D eigenvalue weighted by atomic mass is 10.1. The van der Waals surface area contributed by atoms with Crippen molar-refractivity contribution in [1.29, 1.82) is 0 Å². The second-order valence-electron chi connectivity index (χ2n) is 5.22. The van der Waals surface area contributed by atoms with E-state index in [0.29, 0.717) is 0 Å². The molecule has 0 amide bonds. The Balaban J connectivity index is 1.74. The normalized spacial score (nSPS) is 11.8. The summed E-state index contributed by atoms with van der Waals surface area (Å²) in [4.78, 5) is 9.87. The minimum atomic E-state index is 0.904. The van der Waals surface area contributed by atoms with E-state index in [4.69, 9.17) is 4.99 Å². The number of hydrogen-bond donors (Lipinski definition) is 0. The van der Waals surface area contributed by atoms with E-state index >= 15 is 0 Å². The van der Waals surface area contributed by atoms with Crippen LogP contribution in [0.3, 0.4) is 0 Å².